The fourth-order valence-electron chi connectivity index (χ4n) is 2.85. The minimum Gasteiger partial charge on any atom is -0.349 e. The molecule has 0 saturated heterocycles. The molecule has 2 amide bonds. The molecule has 0 aliphatic carbocycles. The van der Waals surface area contributed by atoms with Crippen molar-refractivity contribution < 1.29 is 9.59 Å². The van der Waals surface area contributed by atoms with Gasteiger partial charge in [-0.2, -0.15) is 0 Å². The topological polar surface area (TPSA) is 75.2 Å². The van der Waals surface area contributed by atoms with E-state index in [1.165, 1.54) is 4.90 Å². The highest BCUT2D eigenvalue weighted by molar-refractivity contribution is 7.03. The van der Waals surface area contributed by atoms with E-state index < -0.39 is 17.5 Å². The predicted molar refractivity (Wildman–Crippen MR) is 115 cm³/mol. The number of para-hydroxylation sites is 1. The van der Waals surface area contributed by atoms with Crippen molar-refractivity contribution in [1.82, 2.24) is 14.9 Å². The number of carbonyl (C=O) groups excluding carboxylic acids is 2. The average Bonchev–Trinajstić information content (AvgIpc) is 3.20. The molecular weight excluding hydrogens is 408 g/mol. The number of anilines is 1. The Balaban J connectivity index is 2.15. The second kappa shape index (κ2) is 8.71. The van der Waals surface area contributed by atoms with Gasteiger partial charge in [0.05, 0.1) is 0 Å². The first-order chi connectivity index (χ1) is 13.8. The Morgan fingerprint density at radius 3 is 2.28 bits per heavy atom. The number of nitrogens with zero attached hydrogens (tertiary/aromatic N) is 3. The first-order valence-electron chi connectivity index (χ1n) is 8.99. The number of amides is 2. The summed E-state index contributed by atoms with van der Waals surface area (Å²) in [4.78, 5) is 28.2. The summed E-state index contributed by atoms with van der Waals surface area (Å²) in [5.41, 5.74) is 0.919. The molecule has 1 N–H and O–H groups in total. The van der Waals surface area contributed by atoms with Crippen LogP contribution in [0.2, 0.25) is 5.02 Å². The van der Waals surface area contributed by atoms with Crippen molar-refractivity contribution in [2.24, 2.45) is 0 Å². The molecule has 0 bridgehead atoms. The van der Waals surface area contributed by atoms with Gasteiger partial charge >= 0.3 is 0 Å². The van der Waals surface area contributed by atoms with Gasteiger partial charge in [0.2, 0.25) is 5.91 Å². The first kappa shape index (κ1) is 21.0. The lowest BCUT2D eigenvalue weighted by molar-refractivity contribution is -0.123. The van der Waals surface area contributed by atoms with Gasteiger partial charge in [0.1, 0.15) is 6.04 Å². The number of benzene rings is 2. The first-order valence-corrected chi connectivity index (χ1v) is 10.2. The van der Waals surface area contributed by atoms with Gasteiger partial charge in [-0.05, 0) is 62.1 Å². The highest BCUT2D eigenvalue weighted by Crippen LogP contribution is 2.30. The standard InChI is InChI=1S/C21H21ClN4O2S/c1-21(2,3)23-19(27)18(14-9-11-15(22)12-10-14)26(16-7-5-4-6-8-16)20(28)17-13-29-25-24-17/h4-13,18H,1-3H3,(H,23,27)/t18-/m0/s1. The molecule has 0 saturated carbocycles. The molecule has 1 heterocycles. The maximum Gasteiger partial charge on any atom is 0.280 e. The third-order valence-corrected chi connectivity index (χ3v) is 4.78. The molecule has 0 aliphatic heterocycles. The fourth-order valence-corrected chi connectivity index (χ4v) is 3.41. The zero-order valence-corrected chi connectivity index (χ0v) is 17.9. The van der Waals surface area contributed by atoms with E-state index >= 15 is 0 Å². The second-order valence-electron chi connectivity index (χ2n) is 7.49. The van der Waals surface area contributed by atoms with E-state index in [9.17, 15) is 9.59 Å². The number of hydrogen-bond acceptors (Lipinski definition) is 5. The van der Waals surface area contributed by atoms with Crippen LogP contribution in [0.5, 0.6) is 0 Å². The van der Waals surface area contributed by atoms with Gasteiger partial charge in [-0.25, -0.2) is 0 Å². The number of nitrogens with one attached hydrogen (secondary N) is 1. The summed E-state index contributed by atoms with van der Waals surface area (Å²) in [6.45, 7) is 5.68. The third kappa shape index (κ3) is 5.19. The Morgan fingerprint density at radius 2 is 1.72 bits per heavy atom. The highest BCUT2D eigenvalue weighted by atomic mass is 35.5. The van der Waals surface area contributed by atoms with Crippen molar-refractivity contribution in [2.45, 2.75) is 32.4 Å². The maximum absolute atomic E-state index is 13.4. The molecule has 2 aromatic carbocycles. The molecule has 0 spiro atoms. The summed E-state index contributed by atoms with van der Waals surface area (Å²) >= 11 is 7.13. The van der Waals surface area contributed by atoms with Gasteiger partial charge < -0.3 is 5.32 Å². The summed E-state index contributed by atoms with van der Waals surface area (Å²) in [5.74, 6) is -0.714. The molecule has 1 aromatic heterocycles. The van der Waals surface area contributed by atoms with Crippen LogP contribution in [0.15, 0.2) is 60.0 Å². The summed E-state index contributed by atoms with van der Waals surface area (Å²) < 4.78 is 3.79. The van der Waals surface area contributed by atoms with Gasteiger partial charge in [-0.15, -0.1) is 5.10 Å². The molecule has 0 radical (unpaired) electrons. The van der Waals surface area contributed by atoms with E-state index in [0.29, 0.717) is 16.3 Å². The normalized spacial score (nSPS) is 12.3. The minimum absolute atomic E-state index is 0.182. The van der Waals surface area contributed by atoms with E-state index in [2.05, 4.69) is 14.9 Å². The summed E-state index contributed by atoms with van der Waals surface area (Å²) in [6, 6.07) is 15.0. The molecule has 1 atom stereocenters. The van der Waals surface area contributed by atoms with Crippen LogP contribution in [-0.4, -0.2) is 26.9 Å². The highest BCUT2D eigenvalue weighted by Gasteiger charge is 2.35. The number of hydrogen-bond donors (Lipinski definition) is 1. The summed E-state index contributed by atoms with van der Waals surface area (Å²) in [7, 11) is 0. The Kier molecular flexibility index (Phi) is 6.30. The van der Waals surface area contributed by atoms with E-state index in [0.717, 1.165) is 11.5 Å². The Bertz CT molecular complexity index is 970. The smallest absolute Gasteiger partial charge is 0.280 e. The quantitative estimate of drug-likeness (QED) is 0.649. The Labute approximate surface area is 178 Å². The van der Waals surface area contributed by atoms with Gasteiger partial charge in [0.25, 0.3) is 5.91 Å². The fraction of sp³-hybridized carbons (Fsp3) is 0.238. The van der Waals surface area contributed by atoms with Crippen molar-refractivity contribution in [1.29, 1.82) is 0 Å². The summed E-state index contributed by atoms with van der Waals surface area (Å²) in [5, 5.41) is 9.01. The van der Waals surface area contributed by atoms with Gasteiger partial charge in [0.15, 0.2) is 5.69 Å². The van der Waals surface area contributed by atoms with Crippen LogP contribution in [0.25, 0.3) is 0 Å². The molecule has 6 nitrogen and oxygen atoms in total. The van der Waals surface area contributed by atoms with Crippen molar-refractivity contribution >= 4 is 40.6 Å². The molecule has 8 heteroatoms. The van der Waals surface area contributed by atoms with E-state index in [-0.39, 0.29) is 11.6 Å². The second-order valence-corrected chi connectivity index (χ2v) is 8.54. The van der Waals surface area contributed by atoms with Crippen molar-refractivity contribution in [3.8, 4) is 0 Å². The number of aromatic nitrogens is 2. The Morgan fingerprint density at radius 1 is 1.07 bits per heavy atom. The van der Waals surface area contributed by atoms with E-state index in [1.54, 1.807) is 41.8 Å². The maximum atomic E-state index is 13.4. The zero-order valence-electron chi connectivity index (χ0n) is 16.3. The summed E-state index contributed by atoms with van der Waals surface area (Å²) in [6.07, 6.45) is 0. The lowest BCUT2D eigenvalue weighted by atomic mass is 10.0. The molecule has 3 aromatic rings. The SMILES string of the molecule is CC(C)(C)NC(=O)[C@H](c1ccc(Cl)cc1)N(C(=O)c1csnn1)c1ccccc1. The molecule has 0 unspecified atom stereocenters. The molecule has 0 fully saturated rings. The van der Waals surface area contributed by atoms with Crippen molar-refractivity contribution in [2.75, 3.05) is 4.90 Å². The lowest BCUT2D eigenvalue weighted by Crippen LogP contribution is -2.49. The zero-order chi connectivity index (χ0) is 21.0. The van der Waals surface area contributed by atoms with Gasteiger partial charge in [-0.1, -0.05) is 46.4 Å². The van der Waals surface area contributed by atoms with Crippen LogP contribution >= 0.6 is 23.1 Å². The molecule has 3 rings (SSSR count). The minimum atomic E-state index is -0.914. The molecule has 0 aliphatic rings. The van der Waals surface area contributed by atoms with Crippen LogP contribution in [-0.2, 0) is 4.79 Å². The number of rotatable bonds is 5. The number of carbonyl (C=O) groups is 2. The van der Waals surface area contributed by atoms with Gasteiger partial charge in [0, 0.05) is 21.6 Å². The molecule has 150 valence electrons. The number of halogens is 1. The van der Waals surface area contributed by atoms with Crippen LogP contribution in [0, 0.1) is 0 Å². The average molecular weight is 429 g/mol. The van der Waals surface area contributed by atoms with E-state index in [4.69, 9.17) is 11.6 Å². The van der Waals surface area contributed by atoms with Gasteiger partial charge in [-0.3, -0.25) is 14.5 Å². The monoisotopic (exact) mass is 428 g/mol. The van der Waals surface area contributed by atoms with Crippen LogP contribution in [0.3, 0.4) is 0 Å². The predicted octanol–water partition coefficient (Wildman–Crippen LogP) is 4.49. The molecular formula is C21H21ClN4O2S. The van der Waals surface area contributed by atoms with Crippen molar-refractivity contribution in [3.05, 3.63) is 76.3 Å². The van der Waals surface area contributed by atoms with Crippen LogP contribution in [0.4, 0.5) is 5.69 Å². The van der Waals surface area contributed by atoms with Crippen molar-refractivity contribution in [3.63, 3.8) is 0 Å². The van der Waals surface area contributed by atoms with Crippen LogP contribution in [0.1, 0.15) is 42.9 Å². The van der Waals surface area contributed by atoms with E-state index in [1.807, 2.05) is 39.0 Å². The third-order valence-electron chi connectivity index (χ3n) is 4.02. The lowest BCUT2D eigenvalue weighted by Gasteiger charge is -2.33. The molecule has 29 heavy (non-hydrogen) atoms. The largest absolute Gasteiger partial charge is 0.349 e. The Hall–Kier alpha value is -2.77. The van der Waals surface area contributed by atoms with Crippen LogP contribution < -0.4 is 10.2 Å².